The Hall–Kier alpha value is -2.07. The molecule has 1 aromatic carbocycles. The molecule has 0 radical (unpaired) electrons. The van der Waals surface area contributed by atoms with Crippen molar-refractivity contribution in [1.29, 1.82) is 0 Å². The molecule has 0 fully saturated rings. The molecule has 0 aliphatic rings. The van der Waals surface area contributed by atoms with E-state index in [1.807, 2.05) is 30.3 Å². The minimum absolute atomic E-state index is 0.547. The maximum atomic E-state index is 11.5. The molecule has 0 aliphatic carbocycles. The van der Waals surface area contributed by atoms with E-state index in [0.717, 1.165) is 17.7 Å². The molecule has 0 amide bonds. The molecule has 2 rings (SSSR count). The molecule has 2 aromatic rings. The van der Waals surface area contributed by atoms with Crippen LogP contribution < -0.4 is 5.32 Å². The number of hydrogen-bond acceptors (Lipinski definition) is 2. The number of aliphatic carboxylic acids is 1. The number of carboxylic acids is 1. The molecule has 1 heterocycles. The average molecular weight is 286 g/mol. The molecule has 0 spiro atoms. The number of nitrogens with zero attached hydrogens (tertiary/aromatic N) is 1. The van der Waals surface area contributed by atoms with Crippen LogP contribution in [-0.2, 0) is 17.9 Å². The third-order valence-corrected chi connectivity index (χ3v) is 3.87. The van der Waals surface area contributed by atoms with E-state index < -0.39 is 12.0 Å². The van der Waals surface area contributed by atoms with E-state index in [1.165, 1.54) is 11.4 Å². The van der Waals surface area contributed by atoms with Gasteiger partial charge in [0.25, 0.3) is 0 Å². The SMILES string of the molecule is CCn1c(C)cc(CNC(C(=O)O)c2ccccc2)c1C. The van der Waals surface area contributed by atoms with E-state index in [1.54, 1.807) is 0 Å². The fourth-order valence-electron chi connectivity index (χ4n) is 2.74. The smallest absolute Gasteiger partial charge is 0.325 e. The minimum atomic E-state index is -0.856. The van der Waals surface area contributed by atoms with E-state index in [4.69, 9.17) is 0 Å². The molecule has 2 N–H and O–H groups in total. The van der Waals surface area contributed by atoms with Crippen LogP contribution in [0, 0.1) is 13.8 Å². The number of hydrogen-bond donors (Lipinski definition) is 2. The molecular weight excluding hydrogens is 264 g/mol. The first-order chi connectivity index (χ1) is 10.0. The van der Waals surface area contributed by atoms with Gasteiger partial charge in [-0.2, -0.15) is 0 Å². The lowest BCUT2D eigenvalue weighted by molar-refractivity contribution is -0.139. The third-order valence-electron chi connectivity index (χ3n) is 3.87. The maximum Gasteiger partial charge on any atom is 0.325 e. The van der Waals surface area contributed by atoms with Gasteiger partial charge in [-0.3, -0.25) is 10.1 Å². The second-order valence-electron chi connectivity index (χ2n) is 5.20. The second-order valence-corrected chi connectivity index (χ2v) is 5.20. The molecule has 1 unspecified atom stereocenters. The lowest BCUT2D eigenvalue weighted by Crippen LogP contribution is -2.28. The Bertz CT molecular complexity index is 617. The van der Waals surface area contributed by atoms with E-state index in [9.17, 15) is 9.90 Å². The van der Waals surface area contributed by atoms with Crippen molar-refractivity contribution in [3.8, 4) is 0 Å². The zero-order valence-electron chi connectivity index (χ0n) is 12.8. The summed E-state index contributed by atoms with van der Waals surface area (Å²) >= 11 is 0. The van der Waals surface area contributed by atoms with E-state index in [0.29, 0.717) is 6.54 Å². The topological polar surface area (TPSA) is 54.3 Å². The normalized spacial score (nSPS) is 12.3. The van der Waals surface area contributed by atoms with Crippen LogP contribution in [0.25, 0.3) is 0 Å². The zero-order valence-corrected chi connectivity index (χ0v) is 12.8. The molecule has 21 heavy (non-hydrogen) atoms. The molecule has 4 nitrogen and oxygen atoms in total. The lowest BCUT2D eigenvalue weighted by Gasteiger charge is -2.15. The molecule has 0 aliphatic heterocycles. The quantitative estimate of drug-likeness (QED) is 0.858. The molecular formula is C17H22N2O2. The van der Waals surface area contributed by atoms with Gasteiger partial charge in [0.1, 0.15) is 6.04 Å². The highest BCUT2D eigenvalue weighted by molar-refractivity contribution is 5.75. The third kappa shape index (κ3) is 3.34. The average Bonchev–Trinajstić information content (AvgIpc) is 2.74. The minimum Gasteiger partial charge on any atom is -0.480 e. The van der Waals surface area contributed by atoms with Crippen molar-refractivity contribution in [1.82, 2.24) is 9.88 Å². The van der Waals surface area contributed by atoms with E-state index in [-0.39, 0.29) is 0 Å². The number of nitrogens with one attached hydrogen (secondary N) is 1. The van der Waals surface area contributed by atoms with Crippen molar-refractivity contribution in [2.45, 2.75) is 39.9 Å². The van der Waals surface area contributed by atoms with Crippen LogP contribution >= 0.6 is 0 Å². The Balaban J connectivity index is 2.15. The fourth-order valence-corrected chi connectivity index (χ4v) is 2.74. The summed E-state index contributed by atoms with van der Waals surface area (Å²) in [5.41, 5.74) is 4.32. The van der Waals surface area contributed by atoms with Crippen molar-refractivity contribution in [2.75, 3.05) is 0 Å². The van der Waals surface area contributed by atoms with Crippen molar-refractivity contribution < 1.29 is 9.90 Å². The largest absolute Gasteiger partial charge is 0.480 e. The molecule has 112 valence electrons. The Morgan fingerprint density at radius 3 is 2.48 bits per heavy atom. The van der Waals surface area contributed by atoms with Crippen LogP contribution in [-0.4, -0.2) is 15.6 Å². The first kappa shape index (κ1) is 15.3. The summed E-state index contributed by atoms with van der Waals surface area (Å²) in [6.45, 7) is 7.74. The summed E-state index contributed by atoms with van der Waals surface area (Å²) in [5, 5.41) is 12.6. The van der Waals surface area contributed by atoms with Gasteiger partial charge in [-0.15, -0.1) is 0 Å². The molecule has 0 saturated heterocycles. The predicted molar refractivity (Wildman–Crippen MR) is 83.2 cm³/mol. The number of carboxylic acid groups (broad SMARTS) is 1. The zero-order chi connectivity index (χ0) is 15.4. The number of benzene rings is 1. The summed E-state index contributed by atoms with van der Waals surface area (Å²) in [7, 11) is 0. The summed E-state index contributed by atoms with van der Waals surface area (Å²) in [6, 6.07) is 10.7. The molecule has 0 bridgehead atoms. The van der Waals surface area contributed by atoms with Crippen LogP contribution in [0.2, 0.25) is 0 Å². The molecule has 0 saturated carbocycles. The van der Waals surface area contributed by atoms with Gasteiger partial charge < -0.3 is 9.67 Å². The van der Waals surface area contributed by atoms with Crippen molar-refractivity contribution in [3.63, 3.8) is 0 Å². The van der Waals surface area contributed by atoms with Gasteiger partial charge in [-0.05, 0) is 38.0 Å². The van der Waals surface area contributed by atoms with Gasteiger partial charge >= 0.3 is 5.97 Å². The van der Waals surface area contributed by atoms with Crippen molar-refractivity contribution in [2.24, 2.45) is 0 Å². The van der Waals surface area contributed by atoms with Gasteiger partial charge in [0.2, 0.25) is 0 Å². The monoisotopic (exact) mass is 286 g/mol. The van der Waals surface area contributed by atoms with E-state index in [2.05, 4.69) is 36.7 Å². The van der Waals surface area contributed by atoms with Crippen LogP contribution in [0.3, 0.4) is 0 Å². The molecule has 1 aromatic heterocycles. The Labute approximate surface area is 125 Å². The van der Waals surface area contributed by atoms with Crippen LogP contribution in [0.1, 0.15) is 35.5 Å². The van der Waals surface area contributed by atoms with Gasteiger partial charge in [-0.25, -0.2) is 0 Å². The van der Waals surface area contributed by atoms with Crippen LogP contribution in [0.15, 0.2) is 36.4 Å². The van der Waals surface area contributed by atoms with Crippen molar-refractivity contribution >= 4 is 5.97 Å². The predicted octanol–water partition coefficient (Wildman–Crippen LogP) is 3.04. The number of aryl methyl sites for hydroxylation is 1. The first-order valence-corrected chi connectivity index (χ1v) is 7.21. The number of rotatable bonds is 6. The van der Waals surface area contributed by atoms with Gasteiger partial charge in [-0.1, -0.05) is 30.3 Å². The Morgan fingerprint density at radius 2 is 1.95 bits per heavy atom. The van der Waals surface area contributed by atoms with E-state index >= 15 is 0 Å². The van der Waals surface area contributed by atoms with Gasteiger partial charge in [0.15, 0.2) is 0 Å². The lowest BCUT2D eigenvalue weighted by atomic mass is 10.1. The summed E-state index contributed by atoms with van der Waals surface area (Å²) in [6.07, 6.45) is 0. The number of aromatic nitrogens is 1. The highest BCUT2D eigenvalue weighted by Crippen LogP contribution is 2.18. The Morgan fingerprint density at radius 1 is 1.29 bits per heavy atom. The van der Waals surface area contributed by atoms with Gasteiger partial charge in [0.05, 0.1) is 0 Å². The Kier molecular flexibility index (Phi) is 4.81. The van der Waals surface area contributed by atoms with Crippen molar-refractivity contribution in [3.05, 3.63) is 58.9 Å². The summed E-state index contributed by atoms with van der Waals surface area (Å²) in [5.74, 6) is -0.856. The maximum absolute atomic E-state index is 11.5. The van der Waals surface area contributed by atoms with Gasteiger partial charge in [0, 0.05) is 24.5 Å². The standard InChI is InChI=1S/C17H22N2O2/c1-4-19-12(2)10-15(13(19)3)11-18-16(17(20)21)14-8-6-5-7-9-14/h5-10,16,18H,4,11H2,1-3H3,(H,20,21). The summed E-state index contributed by atoms with van der Waals surface area (Å²) < 4.78 is 2.23. The molecule has 1 atom stereocenters. The van der Waals surface area contributed by atoms with Crippen LogP contribution in [0.5, 0.6) is 0 Å². The fraction of sp³-hybridized carbons (Fsp3) is 0.353. The molecule has 4 heteroatoms. The number of carbonyl (C=O) groups is 1. The summed E-state index contributed by atoms with van der Waals surface area (Å²) in [4.78, 5) is 11.5. The highest BCUT2D eigenvalue weighted by Gasteiger charge is 2.19. The second kappa shape index (κ2) is 6.59. The first-order valence-electron chi connectivity index (χ1n) is 7.21. The highest BCUT2D eigenvalue weighted by atomic mass is 16.4. The van der Waals surface area contributed by atoms with Crippen LogP contribution in [0.4, 0.5) is 0 Å².